The van der Waals surface area contributed by atoms with Crippen LogP contribution in [0.3, 0.4) is 0 Å². The van der Waals surface area contributed by atoms with Crippen LogP contribution < -0.4 is 9.64 Å². The molecule has 35 heavy (non-hydrogen) atoms. The predicted octanol–water partition coefficient (Wildman–Crippen LogP) is 4.01. The first-order valence-electron chi connectivity index (χ1n) is 10.3. The summed E-state index contributed by atoms with van der Waals surface area (Å²) < 4.78 is 15.8. The fraction of sp³-hybridized carbons (Fsp3) is 0.125. The number of thiocarbonyl (C=S) groups is 1. The average Bonchev–Trinajstić information content (AvgIpc) is 3.43. The summed E-state index contributed by atoms with van der Waals surface area (Å²) in [5.41, 5.74) is 1.22. The van der Waals surface area contributed by atoms with Crippen LogP contribution in [0.1, 0.15) is 5.76 Å². The Hall–Kier alpha value is -4.51. The number of carbonyl (C=O) groups is 2. The maximum absolute atomic E-state index is 13.4. The number of nitro groups is 1. The van der Waals surface area contributed by atoms with Gasteiger partial charge in [0.25, 0.3) is 11.6 Å². The third-order valence-electron chi connectivity index (χ3n) is 5.25. The Morgan fingerprint density at radius 2 is 1.77 bits per heavy atom. The number of hydrogen-bond donors (Lipinski definition) is 0. The maximum atomic E-state index is 13.4. The molecule has 0 atom stereocenters. The van der Waals surface area contributed by atoms with Crippen molar-refractivity contribution in [2.75, 3.05) is 25.7 Å². The van der Waals surface area contributed by atoms with Gasteiger partial charge in [0, 0.05) is 23.8 Å². The Balaban J connectivity index is 1.68. The first-order chi connectivity index (χ1) is 16.8. The van der Waals surface area contributed by atoms with E-state index in [4.69, 9.17) is 26.1 Å². The number of non-ortho nitro benzene ring substituents is 1. The molecule has 1 aliphatic rings. The molecule has 1 aromatic heterocycles. The van der Waals surface area contributed by atoms with Crippen LogP contribution in [0.4, 0.5) is 11.4 Å². The number of nitro benzene ring substituents is 1. The van der Waals surface area contributed by atoms with Crippen molar-refractivity contribution in [1.29, 1.82) is 0 Å². The highest BCUT2D eigenvalue weighted by atomic mass is 32.1. The van der Waals surface area contributed by atoms with Gasteiger partial charge in [0.05, 0.1) is 24.8 Å². The van der Waals surface area contributed by atoms with Crippen LogP contribution in [0.5, 0.6) is 5.75 Å². The minimum Gasteiger partial charge on any atom is -0.497 e. The van der Waals surface area contributed by atoms with Gasteiger partial charge in [-0.3, -0.25) is 24.6 Å². The number of furan rings is 1. The average molecular weight is 493 g/mol. The zero-order valence-electron chi connectivity index (χ0n) is 18.7. The van der Waals surface area contributed by atoms with E-state index in [0.29, 0.717) is 28.5 Å². The summed E-state index contributed by atoms with van der Waals surface area (Å²) >= 11 is 5.52. The van der Waals surface area contributed by atoms with E-state index in [1.165, 1.54) is 42.2 Å². The molecule has 1 amide bonds. The van der Waals surface area contributed by atoms with Crippen LogP contribution in [0.2, 0.25) is 0 Å². The molecule has 0 aliphatic carbocycles. The summed E-state index contributed by atoms with van der Waals surface area (Å²) in [6, 6.07) is 16.0. The van der Waals surface area contributed by atoms with Crippen LogP contribution in [-0.2, 0) is 14.3 Å². The monoisotopic (exact) mass is 493 g/mol. The molecule has 1 fully saturated rings. The van der Waals surface area contributed by atoms with E-state index >= 15 is 0 Å². The highest BCUT2D eigenvalue weighted by Crippen LogP contribution is 2.31. The molecule has 0 spiro atoms. The van der Waals surface area contributed by atoms with Crippen LogP contribution >= 0.6 is 12.2 Å². The molecular weight excluding hydrogens is 474 g/mol. The third kappa shape index (κ3) is 4.75. The van der Waals surface area contributed by atoms with Crippen molar-refractivity contribution in [3.05, 3.63) is 82.2 Å². The van der Waals surface area contributed by atoms with E-state index in [1.807, 2.05) is 0 Å². The summed E-state index contributed by atoms with van der Waals surface area (Å²) in [5.74, 6) is 0.371. The van der Waals surface area contributed by atoms with E-state index in [0.717, 1.165) is 0 Å². The number of hydrogen-bond acceptors (Lipinski definition) is 8. The van der Waals surface area contributed by atoms with Gasteiger partial charge in [-0.2, -0.15) is 0 Å². The second kappa shape index (κ2) is 9.77. The Morgan fingerprint density at radius 3 is 2.37 bits per heavy atom. The first-order valence-corrected chi connectivity index (χ1v) is 10.7. The van der Waals surface area contributed by atoms with E-state index in [9.17, 15) is 19.7 Å². The van der Waals surface area contributed by atoms with Gasteiger partial charge in [-0.05, 0) is 60.7 Å². The largest absolute Gasteiger partial charge is 0.497 e. The van der Waals surface area contributed by atoms with Gasteiger partial charge in [0.1, 0.15) is 29.5 Å². The standard InChI is InChI=1S/C24H19N3O7S/c1-32-18-9-7-16(8-10-18)26-23(29)20(25(24(26)35)14-22(28)33-2)13-19-11-12-21(34-19)15-3-5-17(6-4-15)27(30)31/h3-13H,14H2,1-2H3. The Bertz CT molecular complexity index is 1330. The van der Waals surface area contributed by atoms with Gasteiger partial charge >= 0.3 is 5.97 Å². The SMILES string of the molecule is COC(=O)CN1C(=S)N(c2ccc(OC)cc2)C(=O)C1=Cc1ccc(-c2ccc([N+](=O)[O-])cc2)o1. The van der Waals surface area contributed by atoms with E-state index in [-0.39, 0.29) is 23.0 Å². The predicted molar refractivity (Wildman–Crippen MR) is 131 cm³/mol. The number of rotatable bonds is 7. The summed E-state index contributed by atoms with van der Waals surface area (Å²) in [4.78, 5) is 38.5. The fourth-order valence-electron chi connectivity index (χ4n) is 3.45. The molecule has 0 N–H and O–H groups in total. The van der Waals surface area contributed by atoms with Gasteiger partial charge in [-0.1, -0.05) is 0 Å². The van der Waals surface area contributed by atoms with E-state index < -0.39 is 16.8 Å². The second-order valence-electron chi connectivity index (χ2n) is 7.32. The number of ether oxygens (including phenoxy) is 2. The quantitative estimate of drug-likeness (QED) is 0.158. The van der Waals surface area contributed by atoms with Crippen molar-refractivity contribution < 1.29 is 28.4 Å². The van der Waals surface area contributed by atoms with E-state index in [1.54, 1.807) is 48.5 Å². The highest BCUT2D eigenvalue weighted by Gasteiger charge is 2.40. The first kappa shape index (κ1) is 23.6. The van der Waals surface area contributed by atoms with Gasteiger partial charge in [-0.15, -0.1) is 0 Å². The molecule has 2 heterocycles. The summed E-state index contributed by atoms with van der Waals surface area (Å²) in [6.07, 6.45) is 1.48. The van der Waals surface area contributed by atoms with Crippen LogP contribution in [0, 0.1) is 10.1 Å². The number of benzene rings is 2. The minimum absolute atomic E-state index is 0.0372. The highest BCUT2D eigenvalue weighted by molar-refractivity contribution is 7.80. The summed E-state index contributed by atoms with van der Waals surface area (Å²) in [6.45, 7) is -0.268. The van der Waals surface area contributed by atoms with Crippen LogP contribution in [0.25, 0.3) is 17.4 Å². The summed E-state index contributed by atoms with van der Waals surface area (Å²) in [7, 11) is 2.78. The fourth-order valence-corrected chi connectivity index (χ4v) is 3.80. The topological polar surface area (TPSA) is 115 Å². The van der Waals surface area contributed by atoms with Crippen molar-refractivity contribution >= 4 is 46.7 Å². The molecular formula is C24H19N3O7S. The molecule has 0 saturated carbocycles. The lowest BCUT2D eigenvalue weighted by molar-refractivity contribution is -0.384. The molecule has 11 heteroatoms. The molecule has 0 unspecified atom stereocenters. The zero-order valence-corrected chi connectivity index (χ0v) is 19.5. The van der Waals surface area contributed by atoms with Gasteiger partial charge in [-0.25, -0.2) is 0 Å². The third-order valence-corrected chi connectivity index (χ3v) is 5.65. The molecule has 3 aromatic rings. The lowest BCUT2D eigenvalue weighted by Gasteiger charge is -2.19. The number of anilines is 1. The molecule has 0 radical (unpaired) electrons. The number of carbonyl (C=O) groups excluding carboxylic acids is 2. The molecule has 1 aliphatic heterocycles. The van der Waals surface area contributed by atoms with Crippen molar-refractivity contribution in [3.8, 4) is 17.1 Å². The molecule has 4 rings (SSSR count). The second-order valence-corrected chi connectivity index (χ2v) is 7.68. The van der Waals surface area contributed by atoms with Crippen LogP contribution in [0.15, 0.2) is 70.8 Å². The van der Waals surface area contributed by atoms with Crippen LogP contribution in [-0.4, -0.2) is 47.6 Å². The van der Waals surface area contributed by atoms with Gasteiger partial charge in [0.15, 0.2) is 5.11 Å². The maximum Gasteiger partial charge on any atom is 0.325 e. The molecule has 10 nitrogen and oxygen atoms in total. The Labute approximate surface area is 205 Å². The lowest BCUT2D eigenvalue weighted by Crippen LogP contribution is -2.35. The van der Waals surface area contributed by atoms with Crippen molar-refractivity contribution in [2.45, 2.75) is 0 Å². The molecule has 178 valence electrons. The number of nitrogens with zero attached hydrogens (tertiary/aromatic N) is 3. The lowest BCUT2D eigenvalue weighted by atomic mass is 10.1. The Morgan fingerprint density at radius 1 is 1.09 bits per heavy atom. The minimum atomic E-state index is -0.575. The van der Waals surface area contributed by atoms with E-state index in [2.05, 4.69) is 0 Å². The molecule has 1 saturated heterocycles. The van der Waals surface area contributed by atoms with Gasteiger partial charge < -0.3 is 18.8 Å². The zero-order chi connectivity index (χ0) is 25.1. The van der Waals surface area contributed by atoms with Crippen molar-refractivity contribution in [2.24, 2.45) is 0 Å². The smallest absolute Gasteiger partial charge is 0.325 e. The van der Waals surface area contributed by atoms with Gasteiger partial charge in [0.2, 0.25) is 0 Å². The normalized spacial score (nSPS) is 14.5. The summed E-state index contributed by atoms with van der Waals surface area (Å²) in [5, 5.41) is 11.0. The van der Waals surface area contributed by atoms with Crippen molar-refractivity contribution in [1.82, 2.24) is 4.90 Å². The number of methoxy groups -OCH3 is 2. The molecule has 0 bridgehead atoms. The molecule has 2 aromatic carbocycles. The number of amides is 1. The van der Waals surface area contributed by atoms with Crippen molar-refractivity contribution in [3.63, 3.8) is 0 Å². The number of esters is 1. The Kier molecular flexibility index (Phi) is 6.60.